The molecule has 0 unspecified atom stereocenters. The summed E-state index contributed by atoms with van der Waals surface area (Å²) in [5.74, 6) is 0. The van der Waals surface area contributed by atoms with Gasteiger partial charge in [0.15, 0.2) is 16.7 Å². The van der Waals surface area contributed by atoms with Gasteiger partial charge in [-0.1, -0.05) is 170 Å². The number of fused-ring (bicyclic) bond motifs is 18. The quantitative estimate of drug-likeness (QED) is 0.161. The highest BCUT2D eigenvalue weighted by Gasteiger charge is 2.34. The van der Waals surface area contributed by atoms with E-state index in [1.54, 1.807) is 0 Å². The van der Waals surface area contributed by atoms with Crippen molar-refractivity contribution in [3.8, 4) is 50.8 Å². The highest BCUT2D eigenvalue weighted by Crippen LogP contribution is 2.55. The summed E-state index contributed by atoms with van der Waals surface area (Å²) in [6.07, 6.45) is 0. The van der Waals surface area contributed by atoms with E-state index in [2.05, 4.69) is 141 Å². The van der Waals surface area contributed by atoms with Gasteiger partial charge in [0, 0.05) is 65.0 Å². The van der Waals surface area contributed by atoms with Crippen LogP contribution >= 0.6 is 0 Å². The Morgan fingerprint density at radius 2 is 0.800 bits per heavy atom. The molecule has 0 aliphatic rings. The second kappa shape index (κ2) is 15.5. The van der Waals surface area contributed by atoms with Crippen LogP contribution < -0.4 is 0 Å². The molecule has 5 aromatic heterocycles. The van der Waals surface area contributed by atoms with Crippen LogP contribution in [0.15, 0.2) is 232 Å². The molecule has 0 saturated carbocycles. The van der Waals surface area contributed by atoms with E-state index >= 15 is 0 Å². The zero-order valence-corrected chi connectivity index (χ0v) is 39.8. The molecule has 11 aromatic carbocycles. The molecule has 0 saturated heterocycles. The fourth-order valence-electron chi connectivity index (χ4n) is 12.2. The number of nitrogens with zero attached hydrogens (tertiary/aromatic N) is 4. The van der Waals surface area contributed by atoms with Crippen LogP contribution in [-0.2, 0) is 0 Å². The monoisotopic (exact) mass is 956 g/mol. The van der Waals surface area contributed by atoms with Gasteiger partial charge in [-0.25, -0.2) is 4.85 Å². The van der Waals surface area contributed by atoms with Crippen LogP contribution in [-0.4, -0.2) is 9.13 Å². The van der Waals surface area contributed by atoms with Gasteiger partial charge >= 0.3 is 0 Å². The molecule has 0 radical (unpaired) electrons. The van der Waals surface area contributed by atoms with Gasteiger partial charge in [0.05, 0.1) is 45.6 Å². The molecule has 75 heavy (non-hydrogen) atoms. The largest absolute Gasteiger partial charge is 0.454 e. The van der Waals surface area contributed by atoms with E-state index in [-0.39, 0.29) is 0 Å². The standard InChI is InChI=1S/C68H36N4O3/c1-70-60-58(40-19-7-3-8-20-40)53(38-69)61(71-54-26-14-11-23-43(54)46-30-35-51-52-37-42(39-17-5-2-6-18-39)29-36-57(52)75-68(51)62(46)71)59(41-21-9-4-10-22-41)65(60)72-63-47(31-33-49-44-24-12-15-27-55(44)73-66(49)63)48-32-34-50-45-25-13-16-28-56(45)74-67(50)64(48)72/h2-37H. The summed E-state index contributed by atoms with van der Waals surface area (Å²) >= 11 is 0. The summed E-state index contributed by atoms with van der Waals surface area (Å²) in [5.41, 5.74) is 14.3. The SMILES string of the molecule is [C-]#[N+]c1c(-c2ccccc2)c(C#N)c(-n2c3ccccc3c3ccc4c5cc(-c6ccccc6)ccc5oc4c32)c(-c2ccccc2)c1-n1c2c(ccc3c4ccccc4oc32)c2ccc3c4ccccc4oc3c21. The van der Waals surface area contributed by atoms with Crippen molar-refractivity contribution in [3.63, 3.8) is 0 Å². The maximum Gasteiger partial charge on any atom is 0.220 e. The molecule has 0 aliphatic carbocycles. The highest BCUT2D eigenvalue weighted by atomic mass is 16.3. The summed E-state index contributed by atoms with van der Waals surface area (Å²) in [7, 11) is 0. The highest BCUT2D eigenvalue weighted by molar-refractivity contribution is 6.28. The molecule has 7 nitrogen and oxygen atoms in total. The topological polar surface area (TPSA) is 77.4 Å². The maximum absolute atomic E-state index is 12.1. The van der Waals surface area contributed by atoms with Crippen molar-refractivity contribution < 1.29 is 13.3 Å². The summed E-state index contributed by atoms with van der Waals surface area (Å²) in [5, 5.41) is 21.7. The molecule has 0 spiro atoms. The molecule has 5 heterocycles. The Morgan fingerprint density at radius 3 is 1.36 bits per heavy atom. The Balaban J connectivity index is 1.18. The number of aromatic nitrogens is 2. The van der Waals surface area contributed by atoms with Crippen molar-refractivity contribution in [2.24, 2.45) is 0 Å². The van der Waals surface area contributed by atoms with Crippen molar-refractivity contribution in [1.82, 2.24) is 9.13 Å². The summed E-state index contributed by atoms with van der Waals surface area (Å²) in [6, 6.07) is 77.2. The lowest BCUT2D eigenvalue weighted by molar-refractivity contribution is 0.669. The van der Waals surface area contributed by atoms with Crippen LogP contribution in [0.2, 0.25) is 0 Å². The van der Waals surface area contributed by atoms with Crippen molar-refractivity contribution in [2.75, 3.05) is 0 Å². The lowest BCUT2D eigenvalue weighted by Crippen LogP contribution is -2.09. The molecule has 0 atom stereocenters. The van der Waals surface area contributed by atoms with Crippen LogP contribution in [0.5, 0.6) is 0 Å². The third-order valence-corrected chi connectivity index (χ3v) is 15.4. The normalized spacial score (nSPS) is 12.0. The summed E-state index contributed by atoms with van der Waals surface area (Å²) in [6.45, 7) is 9.52. The van der Waals surface area contributed by atoms with Crippen LogP contribution in [0.25, 0.3) is 159 Å². The third-order valence-electron chi connectivity index (χ3n) is 15.4. The van der Waals surface area contributed by atoms with Crippen LogP contribution in [0.4, 0.5) is 5.69 Å². The summed E-state index contributed by atoms with van der Waals surface area (Å²) < 4.78 is 25.7. The number of nitriles is 1. The number of para-hydroxylation sites is 3. The Kier molecular flexibility index (Phi) is 8.46. The van der Waals surface area contributed by atoms with Gasteiger partial charge in [-0.2, -0.15) is 5.26 Å². The summed E-state index contributed by atoms with van der Waals surface area (Å²) in [4.78, 5) is 4.60. The molecular formula is C68H36N4O3. The molecule has 0 aliphatic heterocycles. The smallest absolute Gasteiger partial charge is 0.220 e. The second-order valence-electron chi connectivity index (χ2n) is 19.2. The van der Waals surface area contributed by atoms with Crippen molar-refractivity contribution in [1.29, 1.82) is 5.26 Å². The lowest BCUT2D eigenvalue weighted by atomic mass is 9.88. The zero-order valence-electron chi connectivity index (χ0n) is 39.8. The predicted molar refractivity (Wildman–Crippen MR) is 304 cm³/mol. The van der Waals surface area contributed by atoms with E-state index in [4.69, 9.17) is 13.3 Å². The Bertz CT molecular complexity index is 5070. The first kappa shape index (κ1) is 41.1. The number of hydrogen-bond acceptors (Lipinski definition) is 4. The van der Waals surface area contributed by atoms with Gasteiger partial charge < -0.3 is 22.4 Å². The van der Waals surface area contributed by atoms with Crippen molar-refractivity contribution in [3.05, 3.63) is 235 Å². The van der Waals surface area contributed by atoms with E-state index in [0.717, 1.165) is 115 Å². The fourth-order valence-corrected chi connectivity index (χ4v) is 12.2. The average Bonchev–Trinajstić information content (AvgIpc) is 4.43. The van der Waals surface area contributed by atoms with E-state index < -0.39 is 0 Å². The zero-order chi connectivity index (χ0) is 49.5. The van der Waals surface area contributed by atoms with E-state index in [9.17, 15) is 11.8 Å². The Labute approximate surface area is 426 Å². The first-order valence-corrected chi connectivity index (χ1v) is 24.9. The number of rotatable bonds is 5. The van der Waals surface area contributed by atoms with Gasteiger partial charge in [-0.05, 0) is 70.8 Å². The van der Waals surface area contributed by atoms with E-state index in [1.165, 1.54) is 0 Å². The molecule has 0 bridgehead atoms. The molecule has 16 rings (SSSR count). The van der Waals surface area contributed by atoms with Gasteiger partial charge in [-0.15, -0.1) is 0 Å². The van der Waals surface area contributed by atoms with Crippen molar-refractivity contribution >= 4 is 115 Å². The predicted octanol–water partition coefficient (Wildman–Crippen LogP) is 19.0. The molecule has 0 N–H and O–H groups in total. The van der Waals surface area contributed by atoms with Gasteiger partial charge in [-0.3, -0.25) is 0 Å². The molecule has 16 aromatic rings. The third kappa shape index (κ3) is 5.61. The maximum atomic E-state index is 12.1. The van der Waals surface area contributed by atoms with E-state index in [1.807, 2.05) is 97.1 Å². The molecule has 0 amide bonds. The minimum absolute atomic E-state index is 0.309. The Hall–Kier alpha value is -10.6. The van der Waals surface area contributed by atoms with Crippen LogP contribution in [0, 0.1) is 17.9 Å². The molecule has 7 heteroatoms. The number of benzene rings is 11. The minimum atomic E-state index is 0.309. The lowest BCUT2D eigenvalue weighted by Gasteiger charge is -2.25. The van der Waals surface area contributed by atoms with Gasteiger partial charge in [0.2, 0.25) is 5.69 Å². The first-order chi connectivity index (χ1) is 37.2. The fraction of sp³-hybridized carbons (Fsp3) is 0. The number of furan rings is 3. The van der Waals surface area contributed by atoms with Crippen molar-refractivity contribution in [2.45, 2.75) is 0 Å². The second-order valence-corrected chi connectivity index (χ2v) is 19.2. The van der Waals surface area contributed by atoms with Gasteiger partial charge in [0.25, 0.3) is 0 Å². The van der Waals surface area contributed by atoms with E-state index in [0.29, 0.717) is 50.5 Å². The molecule has 0 fully saturated rings. The molecule has 346 valence electrons. The minimum Gasteiger partial charge on any atom is -0.454 e. The first-order valence-electron chi connectivity index (χ1n) is 24.9. The number of hydrogen-bond donors (Lipinski definition) is 0. The Morgan fingerprint density at radius 1 is 0.360 bits per heavy atom. The average molecular weight is 957 g/mol. The molecular weight excluding hydrogens is 921 g/mol. The van der Waals surface area contributed by atoms with Crippen LogP contribution in [0.1, 0.15) is 5.56 Å². The van der Waals surface area contributed by atoms with Gasteiger partial charge in [0.1, 0.15) is 22.8 Å². The van der Waals surface area contributed by atoms with Crippen LogP contribution in [0.3, 0.4) is 0 Å².